The molecular weight excluding hydrogens is 200 g/mol. The Bertz CT molecular complexity index is 334. The van der Waals surface area contributed by atoms with Crippen molar-refractivity contribution >= 4 is 0 Å². The Morgan fingerprint density at radius 2 is 2.19 bits per heavy atom. The van der Waals surface area contributed by atoms with Crippen LogP contribution >= 0.6 is 0 Å². The van der Waals surface area contributed by atoms with E-state index in [4.69, 9.17) is 10.2 Å². The first-order chi connectivity index (χ1) is 7.68. The maximum Gasteiger partial charge on any atom is 0.105 e. The van der Waals surface area contributed by atoms with Crippen molar-refractivity contribution in [1.82, 2.24) is 4.90 Å². The molecule has 0 spiro atoms. The summed E-state index contributed by atoms with van der Waals surface area (Å²) in [6.45, 7) is 2.96. The summed E-state index contributed by atoms with van der Waals surface area (Å²) in [7, 11) is 2.17. The van der Waals surface area contributed by atoms with E-state index in [1.165, 1.54) is 31.2 Å². The van der Waals surface area contributed by atoms with Crippen LogP contribution in [0.1, 0.15) is 37.0 Å². The molecule has 2 unspecified atom stereocenters. The first kappa shape index (κ1) is 11.7. The zero-order valence-electron chi connectivity index (χ0n) is 10.3. The molecule has 2 rings (SSSR count). The summed E-state index contributed by atoms with van der Waals surface area (Å²) in [5, 5.41) is 0. The van der Waals surface area contributed by atoms with Gasteiger partial charge in [0.15, 0.2) is 0 Å². The molecule has 0 saturated heterocycles. The van der Waals surface area contributed by atoms with E-state index >= 15 is 0 Å². The van der Waals surface area contributed by atoms with Crippen LogP contribution in [0.2, 0.25) is 0 Å². The molecule has 0 aliphatic heterocycles. The maximum atomic E-state index is 6.18. The van der Waals surface area contributed by atoms with Crippen LogP contribution in [0.3, 0.4) is 0 Å². The number of hydrogen-bond donors (Lipinski definition) is 1. The highest BCUT2D eigenvalue weighted by Gasteiger charge is 2.25. The zero-order valence-corrected chi connectivity index (χ0v) is 10.3. The Hall–Kier alpha value is -0.800. The summed E-state index contributed by atoms with van der Waals surface area (Å²) in [4.78, 5) is 2.38. The largest absolute Gasteiger partial charge is 0.469 e. The van der Waals surface area contributed by atoms with Gasteiger partial charge in [0.25, 0.3) is 0 Å². The lowest BCUT2D eigenvalue weighted by Gasteiger charge is -2.35. The fourth-order valence-corrected chi connectivity index (χ4v) is 2.65. The van der Waals surface area contributed by atoms with E-state index in [-0.39, 0.29) is 0 Å². The van der Waals surface area contributed by atoms with Gasteiger partial charge in [-0.2, -0.15) is 0 Å². The molecule has 1 aliphatic rings. The van der Waals surface area contributed by atoms with Crippen molar-refractivity contribution in [1.29, 1.82) is 0 Å². The predicted octanol–water partition coefficient (Wildman–Crippen LogP) is 2.29. The van der Waals surface area contributed by atoms with Gasteiger partial charge < -0.3 is 10.2 Å². The van der Waals surface area contributed by atoms with Crippen LogP contribution < -0.4 is 5.73 Å². The van der Waals surface area contributed by atoms with Crippen molar-refractivity contribution in [2.75, 3.05) is 7.05 Å². The summed E-state index contributed by atoms with van der Waals surface area (Å²) >= 11 is 0. The van der Waals surface area contributed by atoms with Crippen molar-refractivity contribution in [3.8, 4) is 0 Å². The second kappa shape index (κ2) is 5.02. The van der Waals surface area contributed by atoms with Gasteiger partial charge in [-0.05, 0) is 32.9 Å². The molecule has 0 aromatic carbocycles. The van der Waals surface area contributed by atoms with E-state index in [9.17, 15) is 0 Å². The summed E-state index contributed by atoms with van der Waals surface area (Å²) in [6, 6.07) is 2.93. The van der Waals surface area contributed by atoms with Crippen LogP contribution in [-0.4, -0.2) is 24.0 Å². The Kier molecular flexibility index (Phi) is 3.66. The maximum absolute atomic E-state index is 6.18. The standard InChI is InChI=1S/C13H22N2O/c1-10-11(7-8-16-10)9-15(2)13-6-4-3-5-12(13)14/h7-8,12-13H,3-6,9,14H2,1-2H3. The molecule has 16 heavy (non-hydrogen) atoms. The molecule has 1 aliphatic carbocycles. The van der Waals surface area contributed by atoms with E-state index in [0.717, 1.165) is 12.3 Å². The zero-order chi connectivity index (χ0) is 11.5. The molecule has 2 atom stereocenters. The third-order valence-corrected chi connectivity index (χ3v) is 3.73. The second-order valence-electron chi connectivity index (χ2n) is 4.93. The number of nitrogens with two attached hydrogens (primary N) is 1. The van der Waals surface area contributed by atoms with Crippen molar-refractivity contribution in [2.24, 2.45) is 5.73 Å². The second-order valence-corrected chi connectivity index (χ2v) is 4.93. The fraction of sp³-hybridized carbons (Fsp3) is 0.692. The lowest BCUT2D eigenvalue weighted by atomic mass is 9.90. The highest BCUT2D eigenvalue weighted by molar-refractivity contribution is 5.15. The number of nitrogens with zero attached hydrogens (tertiary/aromatic N) is 1. The van der Waals surface area contributed by atoms with Crippen LogP contribution in [0.5, 0.6) is 0 Å². The summed E-state index contributed by atoms with van der Waals surface area (Å²) in [6.07, 6.45) is 6.76. The lowest BCUT2D eigenvalue weighted by Crippen LogP contribution is -2.47. The molecule has 3 heteroatoms. The van der Waals surface area contributed by atoms with Crippen LogP contribution in [0, 0.1) is 6.92 Å². The minimum absolute atomic E-state index is 0.339. The predicted molar refractivity (Wildman–Crippen MR) is 65.1 cm³/mol. The van der Waals surface area contributed by atoms with Crippen LogP contribution in [0.4, 0.5) is 0 Å². The number of rotatable bonds is 3. The third-order valence-electron chi connectivity index (χ3n) is 3.73. The first-order valence-electron chi connectivity index (χ1n) is 6.17. The topological polar surface area (TPSA) is 42.4 Å². The Morgan fingerprint density at radius 1 is 1.44 bits per heavy atom. The summed E-state index contributed by atoms with van der Waals surface area (Å²) in [5.74, 6) is 1.02. The van der Waals surface area contributed by atoms with Crippen molar-refractivity contribution in [3.05, 3.63) is 23.7 Å². The van der Waals surface area contributed by atoms with Gasteiger partial charge in [-0.15, -0.1) is 0 Å². The fourth-order valence-electron chi connectivity index (χ4n) is 2.65. The number of furan rings is 1. The lowest BCUT2D eigenvalue weighted by molar-refractivity contribution is 0.161. The number of aryl methyl sites for hydroxylation is 1. The van der Waals surface area contributed by atoms with Crippen molar-refractivity contribution < 1.29 is 4.42 Å². The van der Waals surface area contributed by atoms with Gasteiger partial charge in [0.2, 0.25) is 0 Å². The molecular formula is C13H22N2O. The Balaban J connectivity index is 1.96. The average molecular weight is 222 g/mol. The van der Waals surface area contributed by atoms with Gasteiger partial charge >= 0.3 is 0 Å². The van der Waals surface area contributed by atoms with Crippen LogP contribution in [-0.2, 0) is 6.54 Å². The van der Waals surface area contributed by atoms with Gasteiger partial charge in [0, 0.05) is 24.2 Å². The van der Waals surface area contributed by atoms with Crippen LogP contribution in [0.25, 0.3) is 0 Å². The quantitative estimate of drug-likeness (QED) is 0.853. The molecule has 1 aromatic heterocycles. The van der Waals surface area contributed by atoms with E-state index < -0.39 is 0 Å². The molecule has 2 N–H and O–H groups in total. The van der Waals surface area contributed by atoms with E-state index in [2.05, 4.69) is 18.0 Å². The van der Waals surface area contributed by atoms with Crippen molar-refractivity contribution in [2.45, 2.75) is 51.2 Å². The number of likely N-dealkylation sites (N-methyl/N-ethyl adjacent to an activating group) is 1. The monoisotopic (exact) mass is 222 g/mol. The molecule has 1 saturated carbocycles. The molecule has 0 amide bonds. The third kappa shape index (κ3) is 2.47. The van der Waals surface area contributed by atoms with Crippen LogP contribution in [0.15, 0.2) is 16.7 Å². The molecule has 1 fully saturated rings. The van der Waals surface area contributed by atoms with Gasteiger partial charge in [-0.3, -0.25) is 4.90 Å². The molecule has 0 bridgehead atoms. The smallest absolute Gasteiger partial charge is 0.105 e. The minimum atomic E-state index is 0.339. The molecule has 0 radical (unpaired) electrons. The average Bonchev–Trinajstić information content (AvgIpc) is 2.65. The highest BCUT2D eigenvalue weighted by Crippen LogP contribution is 2.23. The van der Waals surface area contributed by atoms with E-state index in [0.29, 0.717) is 12.1 Å². The SMILES string of the molecule is Cc1occc1CN(C)C1CCCCC1N. The van der Waals surface area contributed by atoms with Gasteiger partial charge in [0.1, 0.15) is 5.76 Å². The van der Waals surface area contributed by atoms with Gasteiger partial charge in [-0.1, -0.05) is 12.8 Å². The highest BCUT2D eigenvalue weighted by atomic mass is 16.3. The minimum Gasteiger partial charge on any atom is -0.469 e. The van der Waals surface area contributed by atoms with E-state index in [1.54, 1.807) is 6.26 Å². The Labute approximate surface area is 97.6 Å². The molecule has 1 aromatic rings. The molecule has 3 nitrogen and oxygen atoms in total. The molecule has 1 heterocycles. The molecule has 90 valence electrons. The summed E-state index contributed by atoms with van der Waals surface area (Å²) in [5.41, 5.74) is 7.46. The summed E-state index contributed by atoms with van der Waals surface area (Å²) < 4.78 is 5.32. The van der Waals surface area contributed by atoms with Gasteiger partial charge in [-0.25, -0.2) is 0 Å². The Morgan fingerprint density at radius 3 is 2.81 bits per heavy atom. The van der Waals surface area contributed by atoms with Gasteiger partial charge in [0.05, 0.1) is 6.26 Å². The van der Waals surface area contributed by atoms with Crippen molar-refractivity contribution in [3.63, 3.8) is 0 Å². The first-order valence-corrected chi connectivity index (χ1v) is 6.17. The normalized spacial score (nSPS) is 26.2. The van der Waals surface area contributed by atoms with E-state index in [1.807, 2.05) is 6.92 Å². The number of hydrogen-bond acceptors (Lipinski definition) is 3.